The van der Waals surface area contributed by atoms with E-state index in [1.807, 2.05) is 24.3 Å². The highest BCUT2D eigenvalue weighted by Gasteiger charge is 2.17. The van der Waals surface area contributed by atoms with E-state index in [0.29, 0.717) is 6.54 Å². The first-order valence-corrected chi connectivity index (χ1v) is 8.03. The second-order valence-corrected chi connectivity index (χ2v) is 5.97. The first-order valence-electron chi connectivity index (χ1n) is 8.03. The van der Waals surface area contributed by atoms with Gasteiger partial charge in [-0.1, -0.05) is 18.2 Å². The van der Waals surface area contributed by atoms with Crippen LogP contribution in [0.5, 0.6) is 0 Å². The molecule has 2 heterocycles. The first-order chi connectivity index (χ1) is 11.3. The number of aromatic nitrogens is 4. The molecular formula is C17H19N5O. The molecule has 0 fully saturated rings. The molecule has 0 bridgehead atoms. The van der Waals surface area contributed by atoms with E-state index in [9.17, 15) is 4.79 Å². The van der Waals surface area contributed by atoms with E-state index < -0.39 is 0 Å². The second kappa shape index (κ2) is 5.87. The summed E-state index contributed by atoms with van der Waals surface area (Å²) in [5.41, 5.74) is 4.47. The molecule has 0 atom stereocenters. The van der Waals surface area contributed by atoms with E-state index in [1.165, 1.54) is 24.1 Å². The zero-order chi connectivity index (χ0) is 15.6. The minimum atomic E-state index is -0.0496. The predicted molar refractivity (Wildman–Crippen MR) is 86.8 cm³/mol. The van der Waals surface area contributed by atoms with Crippen LogP contribution in [0.15, 0.2) is 30.5 Å². The number of fused-ring (bicyclic) bond motifs is 2. The molecule has 0 aliphatic heterocycles. The lowest BCUT2D eigenvalue weighted by atomic mass is 9.96. The van der Waals surface area contributed by atoms with Crippen LogP contribution < -0.4 is 5.32 Å². The van der Waals surface area contributed by atoms with Crippen molar-refractivity contribution < 1.29 is 4.79 Å². The Morgan fingerprint density at radius 3 is 3.09 bits per heavy atom. The minimum Gasteiger partial charge on any atom is -0.349 e. The van der Waals surface area contributed by atoms with Gasteiger partial charge in [0.2, 0.25) is 5.91 Å². The number of rotatable bonds is 4. The molecule has 2 N–H and O–H groups in total. The molecule has 6 heteroatoms. The summed E-state index contributed by atoms with van der Waals surface area (Å²) in [4.78, 5) is 12.2. The Labute approximate surface area is 133 Å². The van der Waals surface area contributed by atoms with Gasteiger partial charge in [0.25, 0.3) is 0 Å². The number of benzene rings is 1. The summed E-state index contributed by atoms with van der Waals surface area (Å²) in [7, 11) is 0. The number of aromatic amines is 1. The van der Waals surface area contributed by atoms with Crippen LogP contribution in [0.4, 0.5) is 0 Å². The molecule has 1 aromatic carbocycles. The average Bonchev–Trinajstić information content (AvgIpc) is 3.18. The Kier molecular flexibility index (Phi) is 3.57. The highest BCUT2D eigenvalue weighted by Crippen LogP contribution is 2.21. The summed E-state index contributed by atoms with van der Waals surface area (Å²) in [6.45, 7) is 0.698. The molecule has 4 rings (SSSR count). The van der Waals surface area contributed by atoms with Gasteiger partial charge in [0.05, 0.1) is 24.0 Å². The average molecular weight is 309 g/mol. The fraction of sp³-hybridized carbons (Fsp3) is 0.353. The number of carbonyl (C=O) groups excluding carboxylic acids is 1. The molecule has 1 amide bonds. The molecule has 0 unspecified atom stereocenters. The maximum absolute atomic E-state index is 12.2. The third-order valence-corrected chi connectivity index (χ3v) is 4.44. The predicted octanol–water partition coefficient (Wildman–Crippen LogP) is 1.95. The number of hydrogen-bond donors (Lipinski definition) is 2. The highest BCUT2D eigenvalue weighted by molar-refractivity contribution is 5.81. The van der Waals surface area contributed by atoms with Crippen molar-refractivity contribution in [2.75, 3.05) is 0 Å². The molecule has 23 heavy (non-hydrogen) atoms. The van der Waals surface area contributed by atoms with E-state index in [0.717, 1.165) is 29.4 Å². The minimum absolute atomic E-state index is 0.0496. The van der Waals surface area contributed by atoms with Crippen molar-refractivity contribution >= 4 is 16.8 Å². The molecule has 0 saturated heterocycles. The van der Waals surface area contributed by atoms with Crippen LogP contribution in [0.25, 0.3) is 10.9 Å². The number of hydrogen-bond acceptors (Lipinski definition) is 3. The molecule has 2 aromatic heterocycles. The van der Waals surface area contributed by atoms with Crippen LogP contribution in [-0.4, -0.2) is 25.9 Å². The number of nitrogens with one attached hydrogen (secondary N) is 2. The van der Waals surface area contributed by atoms with Crippen molar-refractivity contribution in [3.8, 4) is 0 Å². The fourth-order valence-electron chi connectivity index (χ4n) is 3.22. The summed E-state index contributed by atoms with van der Waals surface area (Å²) >= 11 is 0. The van der Waals surface area contributed by atoms with Gasteiger partial charge in [-0.15, -0.1) is 0 Å². The normalized spacial score (nSPS) is 13.9. The Bertz CT molecular complexity index is 848. The monoisotopic (exact) mass is 309 g/mol. The van der Waals surface area contributed by atoms with Gasteiger partial charge < -0.3 is 5.32 Å². The van der Waals surface area contributed by atoms with Crippen LogP contribution in [0.2, 0.25) is 0 Å². The molecule has 0 spiro atoms. The van der Waals surface area contributed by atoms with Gasteiger partial charge in [-0.3, -0.25) is 14.6 Å². The van der Waals surface area contributed by atoms with Crippen LogP contribution in [0.1, 0.15) is 29.8 Å². The van der Waals surface area contributed by atoms with E-state index >= 15 is 0 Å². The summed E-state index contributed by atoms with van der Waals surface area (Å²) in [6, 6.07) is 7.88. The van der Waals surface area contributed by atoms with Crippen LogP contribution >= 0.6 is 0 Å². The summed E-state index contributed by atoms with van der Waals surface area (Å²) in [5, 5.41) is 15.7. The van der Waals surface area contributed by atoms with Gasteiger partial charge >= 0.3 is 0 Å². The van der Waals surface area contributed by atoms with Crippen molar-refractivity contribution in [2.24, 2.45) is 0 Å². The molecule has 3 aromatic rings. The van der Waals surface area contributed by atoms with Gasteiger partial charge in [0.1, 0.15) is 6.54 Å². The summed E-state index contributed by atoms with van der Waals surface area (Å²) in [5.74, 6) is -0.0496. The maximum Gasteiger partial charge on any atom is 0.242 e. The van der Waals surface area contributed by atoms with Crippen molar-refractivity contribution in [2.45, 2.75) is 38.8 Å². The van der Waals surface area contributed by atoms with Gasteiger partial charge in [0, 0.05) is 11.1 Å². The molecule has 6 nitrogen and oxygen atoms in total. The first kappa shape index (κ1) is 14.0. The SMILES string of the molecule is O=C(Cn1ncc2ccccc21)NCc1n[nH]c2c1CCCC2. The Morgan fingerprint density at radius 1 is 1.26 bits per heavy atom. The number of H-pyrrole nitrogens is 1. The topological polar surface area (TPSA) is 75.6 Å². The van der Waals surface area contributed by atoms with Gasteiger partial charge in [0.15, 0.2) is 0 Å². The second-order valence-electron chi connectivity index (χ2n) is 5.97. The lowest BCUT2D eigenvalue weighted by Crippen LogP contribution is -2.28. The number of carbonyl (C=O) groups is 1. The van der Waals surface area contributed by atoms with Crippen molar-refractivity contribution in [3.05, 3.63) is 47.4 Å². The highest BCUT2D eigenvalue weighted by atomic mass is 16.2. The molecule has 0 radical (unpaired) electrons. The number of aryl methyl sites for hydroxylation is 1. The molecule has 118 valence electrons. The number of nitrogens with zero attached hydrogens (tertiary/aromatic N) is 3. The summed E-state index contributed by atoms with van der Waals surface area (Å²) < 4.78 is 1.73. The molecule has 1 aliphatic carbocycles. The lowest BCUT2D eigenvalue weighted by Gasteiger charge is -2.11. The van der Waals surface area contributed by atoms with Crippen LogP contribution in [0.3, 0.4) is 0 Å². The Hall–Kier alpha value is -2.63. The van der Waals surface area contributed by atoms with Crippen LogP contribution in [0, 0.1) is 0 Å². The van der Waals surface area contributed by atoms with Crippen molar-refractivity contribution in [1.29, 1.82) is 0 Å². The number of para-hydroxylation sites is 1. The molecule has 1 aliphatic rings. The van der Waals surface area contributed by atoms with E-state index in [1.54, 1.807) is 10.9 Å². The van der Waals surface area contributed by atoms with Gasteiger partial charge in [-0.2, -0.15) is 10.2 Å². The third-order valence-electron chi connectivity index (χ3n) is 4.44. The Balaban J connectivity index is 1.42. The third kappa shape index (κ3) is 2.72. The summed E-state index contributed by atoms with van der Waals surface area (Å²) in [6.07, 6.45) is 6.32. The van der Waals surface area contributed by atoms with Gasteiger partial charge in [-0.25, -0.2) is 0 Å². The van der Waals surface area contributed by atoms with E-state index in [2.05, 4.69) is 20.6 Å². The Morgan fingerprint density at radius 2 is 2.13 bits per heavy atom. The fourth-order valence-corrected chi connectivity index (χ4v) is 3.22. The van der Waals surface area contributed by atoms with E-state index in [4.69, 9.17) is 0 Å². The largest absolute Gasteiger partial charge is 0.349 e. The maximum atomic E-state index is 12.2. The quantitative estimate of drug-likeness (QED) is 0.773. The molecular weight excluding hydrogens is 290 g/mol. The van der Waals surface area contributed by atoms with Crippen molar-refractivity contribution in [1.82, 2.24) is 25.3 Å². The number of amides is 1. The molecule has 0 saturated carbocycles. The lowest BCUT2D eigenvalue weighted by molar-refractivity contribution is -0.121. The standard InChI is InChI=1S/C17H19N5O/c23-17(11-22-16-8-4-1-5-12(16)9-19-22)18-10-15-13-6-2-3-7-14(13)20-21-15/h1,4-5,8-9H,2-3,6-7,10-11H2,(H,18,23)(H,20,21). The van der Waals surface area contributed by atoms with Crippen molar-refractivity contribution in [3.63, 3.8) is 0 Å². The zero-order valence-corrected chi connectivity index (χ0v) is 12.9. The smallest absolute Gasteiger partial charge is 0.242 e. The van der Waals surface area contributed by atoms with Gasteiger partial charge in [-0.05, 0) is 37.3 Å². The van der Waals surface area contributed by atoms with E-state index in [-0.39, 0.29) is 12.5 Å². The zero-order valence-electron chi connectivity index (χ0n) is 12.9. The van der Waals surface area contributed by atoms with Crippen LogP contribution in [-0.2, 0) is 30.7 Å².